The Labute approximate surface area is 129 Å². The summed E-state index contributed by atoms with van der Waals surface area (Å²) in [5.41, 5.74) is 0.133. The van der Waals surface area contributed by atoms with Crippen molar-refractivity contribution in [2.45, 2.75) is 13.3 Å². The molecule has 0 fully saturated rings. The standard InChI is InChI=1S/C17H19NO4/c1-2-3-4-11-16(20)18-12-7-8-13-22-17(21)14-9-5-6-10-15(14)19/h2-7,9-12,19H,8,13H2,1H3,(H,18,20)/b3-2+,11-4+,12-7+. The molecule has 0 unspecified atom stereocenters. The Morgan fingerprint density at radius 2 is 2.05 bits per heavy atom. The van der Waals surface area contributed by atoms with Gasteiger partial charge in [0, 0.05) is 18.7 Å². The summed E-state index contributed by atoms with van der Waals surface area (Å²) in [6.07, 6.45) is 10.2. The maximum absolute atomic E-state index is 11.7. The minimum absolute atomic E-state index is 0.108. The first-order chi connectivity index (χ1) is 10.6. The molecule has 0 bridgehead atoms. The predicted molar refractivity (Wildman–Crippen MR) is 84.2 cm³/mol. The van der Waals surface area contributed by atoms with Crippen molar-refractivity contribution in [3.63, 3.8) is 0 Å². The number of phenolic OH excluding ortho intramolecular Hbond substituents is 1. The molecule has 1 amide bonds. The monoisotopic (exact) mass is 301 g/mol. The van der Waals surface area contributed by atoms with Crippen LogP contribution in [0, 0.1) is 0 Å². The van der Waals surface area contributed by atoms with Gasteiger partial charge in [-0.25, -0.2) is 4.79 Å². The molecule has 0 aliphatic heterocycles. The van der Waals surface area contributed by atoms with E-state index in [9.17, 15) is 14.7 Å². The molecule has 1 aromatic rings. The summed E-state index contributed by atoms with van der Waals surface area (Å²) >= 11 is 0. The molecule has 0 aliphatic carbocycles. The predicted octanol–water partition coefficient (Wildman–Crippen LogP) is 2.70. The van der Waals surface area contributed by atoms with Crippen LogP contribution in [0.1, 0.15) is 23.7 Å². The first-order valence-electron chi connectivity index (χ1n) is 6.85. The molecule has 0 aliphatic rings. The van der Waals surface area contributed by atoms with E-state index in [1.165, 1.54) is 24.4 Å². The van der Waals surface area contributed by atoms with E-state index in [-0.39, 0.29) is 23.8 Å². The van der Waals surface area contributed by atoms with E-state index in [1.54, 1.807) is 30.4 Å². The van der Waals surface area contributed by atoms with Gasteiger partial charge in [-0.1, -0.05) is 36.4 Å². The lowest BCUT2D eigenvalue weighted by atomic mass is 10.2. The van der Waals surface area contributed by atoms with E-state index in [0.29, 0.717) is 6.42 Å². The lowest BCUT2D eigenvalue weighted by Gasteiger charge is -2.04. The second-order valence-electron chi connectivity index (χ2n) is 4.24. The molecule has 0 atom stereocenters. The Morgan fingerprint density at radius 1 is 1.27 bits per heavy atom. The number of phenols is 1. The molecule has 22 heavy (non-hydrogen) atoms. The van der Waals surface area contributed by atoms with Gasteiger partial charge in [0.25, 0.3) is 0 Å². The quantitative estimate of drug-likeness (QED) is 0.351. The minimum atomic E-state index is -0.579. The van der Waals surface area contributed by atoms with Crippen molar-refractivity contribution in [1.82, 2.24) is 5.32 Å². The van der Waals surface area contributed by atoms with Crippen molar-refractivity contribution >= 4 is 11.9 Å². The van der Waals surface area contributed by atoms with Gasteiger partial charge in [-0.3, -0.25) is 4.79 Å². The number of carbonyl (C=O) groups is 2. The van der Waals surface area contributed by atoms with Gasteiger partial charge in [-0.15, -0.1) is 0 Å². The highest BCUT2D eigenvalue weighted by Gasteiger charge is 2.10. The lowest BCUT2D eigenvalue weighted by molar-refractivity contribution is -0.115. The molecule has 2 N–H and O–H groups in total. The summed E-state index contributed by atoms with van der Waals surface area (Å²) in [7, 11) is 0. The van der Waals surface area contributed by atoms with E-state index >= 15 is 0 Å². The number of rotatable bonds is 7. The average molecular weight is 301 g/mol. The smallest absolute Gasteiger partial charge is 0.341 e. The Kier molecular flexibility index (Phi) is 7.82. The van der Waals surface area contributed by atoms with E-state index in [1.807, 2.05) is 13.0 Å². The zero-order valence-corrected chi connectivity index (χ0v) is 12.4. The molecule has 116 valence electrons. The normalized spacial score (nSPS) is 11.3. The first kappa shape index (κ1) is 17.2. The summed E-state index contributed by atoms with van der Waals surface area (Å²) in [6.45, 7) is 2.02. The molecule has 5 heteroatoms. The van der Waals surface area contributed by atoms with Gasteiger partial charge < -0.3 is 15.2 Å². The van der Waals surface area contributed by atoms with Crippen LogP contribution in [0.3, 0.4) is 0 Å². The number of hydrogen-bond donors (Lipinski definition) is 2. The van der Waals surface area contributed by atoms with Crippen LogP contribution in [0.25, 0.3) is 0 Å². The summed E-state index contributed by atoms with van der Waals surface area (Å²) in [5.74, 6) is -0.923. The molecule has 1 aromatic carbocycles. The maximum atomic E-state index is 11.7. The van der Waals surface area contributed by atoms with Crippen molar-refractivity contribution in [1.29, 1.82) is 0 Å². The third kappa shape index (κ3) is 6.56. The van der Waals surface area contributed by atoms with Gasteiger partial charge in [-0.05, 0) is 19.1 Å². The number of ether oxygens (including phenoxy) is 1. The number of amides is 1. The summed E-state index contributed by atoms with van der Waals surface area (Å²) in [6, 6.07) is 6.19. The van der Waals surface area contributed by atoms with Crippen molar-refractivity contribution in [2.75, 3.05) is 6.61 Å². The fraction of sp³-hybridized carbons (Fsp3) is 0.176. The molecule has 0 aromatic heterocycles. The number of aromatic hydroxyl groups is 1. The van der Waals surface area contributed by atoms with Gasteiger partial charge in [-0.2, -0.15) is 0 Å². The van der Waals surface area contributed by atoms with Gasteiger partial charge >= 0.3 is 5.97 Å². The number of benzene rings is 1. The van der Waals surface area contributed by atoms with E-state index in [4.69, 9.17) is 4.74 Å². The Balaban J connectivity index is 2.25. The largest absolute Gasteiger partial charge is 0.507 e. The second kappa shape index (κ2) is 9.99. The van der Waals surface area contributed by atoms with Crippen LogP contribution in [-0.4, -0.2) is 23.6 Å². The van der Waals surface area contributed by atoms with Crippen molar-refractivity contribution in [2.24, 2.45) is 0 Å². The highest BCUT2D eigenvalue weighted by Crippen LogP contribution is 2.16. The molecule has 5 nitrogen and oxygen atoms in total. The van der Waals surface area contributed by atoms with Crippen LogP contribution in [0.15, 0.2) is 60.8 Å². The zero-order chi connectivity index (χ0) is 16.2. The topological polar surface area (TPSA) is 75.6 Å². The molecule has 0 spiro atoms. The number of nitrogens with one attached hydrogen (secondary N) is 1. The van der Waals surface area contributed by atoms with E-state index in [0.717, 1.165) is 0 Å². The number of carbonyl (C=O) groups excluding carboxylic acids is 2. The fourth-order valence-corrected chi connectivity index (χ4v) is 1.47. The van der Waals surface area contributed by atoms with Gasteiger partial charge in [0.1, 0.15) is 11.3 Å². The fourth-order valence-electron chi connectivity index (χ4n) is 1.47. The van der Waals surface area contributed by atoms with Crippen LogP contribution in [0.5, 0.6) is 5.75 Å². The molecule has 0 saturated heterocycles. The van der Waals surface area contributed by atoms with Gasteiger partial charge in [0.2, 0.25) is 5.91 Å². The Hall–Kier alpha value is -2.82. The van der Waals surface area contributed by atoms with E-state index in [2.05, 4.69) is 5.32 Å². The van der Waals surface area contributed by atoms with Crippen molar-refractivity contribution in [3.8, 4) is 5.75 Å². The summed E-state index contributed by atoms with van der Waals surface area (Å²) < 4.78 is 5.01. The molecule has 1 rings (SSSR count). The average Bonchev–Trinajstić information content (AvgIpc) is 2.51. The second-order valence-corrected chi connectivity index (χ2v) is 4.24. The van der Waals surface area contributed by atoms with Gasteiger partial charge in [0.05, 0.1) is 6.61 Å². The Bertz CT molecular complexity index is 588. The van der Waals surface area contributed by atoms with Crippen LogP contribution < -0.4 is 5.32 Å². The summed E-state index contributed by atoms with van der Waals surface area (Å²) in [4.78, 5) is 22.9. The van der Waals surface area contributed by atoms with Gasteiger partial charge in [0.15, 0.2) is 0 Å². The highest BCUT2D eigenvalue weighted by molar-refractivity contribution is 5.92. The molecular weight excluding hydrogens is 282 g/mol. The first-order valence-corrected chi connectivity index (χ1v) is 6.85. The maximum Gasteiger partial charge on any atom is 0.341 e. The van der Waals surface area contributed by atoms with Crippen LogP contribution in [0.4, 0.5) is 0 Å². The number of allylic oxidation sites excluding steroid dienone is 3. The number of esters is 1. The minimum Gasteiger partial charge on any atom is -0.507 e. The van der Waals surface area contributed by atoms with E-state index < -0.39 is 5.97 Å². The molecule has 0 radical (unpaired) electrons. The molecule has 0 saturated carbocycles. The van der Waals surface area contributed by atoms with Crippen LogP contribution >= 0.6 is 0 Å². The summed E-state index contributed by atoms with van der Waals surface area (Å²) in [5, 5.41) is 12.0. The highest BCUT2D eigenvalue weighted by atomic mass is 16.5. The molecular formula is C17H19NO4. The number of hydrogen-bond acceptors (Lipinski definition) is 4. The van der Waals surface area contributed by atoms with Crippen molar-refractivity contribution in [3.05, 3.63) is 66.4 Å². The molecule has 0 heterocycles. The number of para-hydroxylation sites is 1. The third-order valence-electron chi connectivity index (χ3n) is 2.54. The van der Waals surface area contributed by atoms with Crippen LogP contribution in [-0.2, 0) is 9.53 Å². The third-order valence-corrected chi connectivity index (χ3v) is 2.54. The van der Waals surface area contributed by atoms with Crippen LogP contribution in [0.2, 0.25) is 0 Å². The van der Waals surface area contributed by atoms with Crippen molar-refractivity contribution < 1.29 is 19.4 Å². The Morgan fingerprint density at radius 3 is 2.77 bits per heavy atom. The SMILES string of the molecule is C/C=C/C=C/C(=O)N/C=C/CCOC(=O)c1ccccc1O. The zero-order valence-electron chi connectivity index (χ0n) is 12.4. The lowest BCUT2D eigenvalue weighted by Crippen LogP contribution is -2.13.